The van der Waals surface area contributed by atoms with Gasteiger partial charge in [0.1, 0.15) is 5.92 Å². The van der Waals surface area contributed by atoms with Gasteiger partial charge in [0, 0.05) is 6.54 Å². The molecule has 3 unspecified atom stereocenters. The topological polar surface area (TPSA) is 87.7 Å². The van der Waals surface area contributed by atoms with Crippen molar-refractivity contribution in [3.05, 3.63) is 0 Å². The predicted octanol–water partition coefficient (Wildman–Crippen LogP) is -0.408. The summed E-state index contributed by atoms with van der Waals surface area (Å²) < 4.78 is 5.14. The third-order valence-corrected chi connectivity index (χ3v) is 3.86. The van der Waals surface area contributed by atoms with Crippen LogP contribution >= 0.6 is 0 Å². The first-order valence-corrected chi connectivity index (χ1v) is 6.35. The molecule has 0 aromatic rings. The molecule has 2 saturated heterocycles. The second kappa shape index (κ2) is 5.24. The smallest absolute Gasteiger partial charge is 0.311 e. The lowest BCUT2D eigenvalue weighted by molar-refractivity contribution is -0.142. The van der Waals surface area contributed by atoms with Gasteiger partial charge in [0.05, 0.1) is 24.7 Å². The quantitative estimate of drug-likeness (QED) is 0.639. The van der Waals surface area contributed by atoms with E-state index in [0.29, 0.717) is 6.54 Å². The highest BCUT2D eigenvalue weighted by molar-refractivity contribution is 5.84. The zero-order chi connectivity index (χ0) is 13.2. The maximum Gasteiger partial charge on any atom is 0.311 e. The summed E-state index contributed by atoms with van der Waals surface area (Å²) in [6, 6.07) is -0.409. The molecule has 0 bridgehead atoms. The van der Waals surface area contributed by atoms with E-state index in [0.717, 1.165) is 19.4 Å². The van der Waals surface area contributed by atoms with Crippen LogP contribution in [0.25, 0.3) is 0 Å². The summed E-state index contributed by atoms with van der Waals surface area (Å²) in [7, 11) is 0. The van der Waals surface area contributed by atoms with Gasteiger partial charge < -0.3 is 20.5 Å². The van der Waals surface area contributed by atoms with E-state index in [1.54, 1.807) is 0 Å². The third-order valence-electron chi connectivity index (χ3n) is 3.86. The predicted molar refractivity (Wildman–Crippen MR) is 64.1 cm³/mol. The van der Waals surface area contributed by atoms with Crippen LogP contribution in [0.15, 0.2) is 0 Å². The third kappa shape index (κ3) is 2.64. The van der Waals surface area contributed by atoms with Gasteiger partial charge >= 0.3 is 5.97 Å². The molecule has 3 atom stereocenters. The maximum atomic E-state index is 12.2. The molecule has 0 aromatic heterocycles. The first-order valence-electron chi connectivity index (χ1n) is 6.35. The van der Waals surface area contributed by atoms with Gasteiger partial charge in [-0.05, 0) is 26.3 Å². The molecule has 0 saturated carbocycles. The molecule has 0 aromatic carbocycles. The zero-order valence-corrected chi connectivity index (χ0v) is 10.6. The molecule has 2 rings (SSSR count). The fourth-order valence-corrected chi connectivity index (χ4v) is 2.53. The molecular formula is C12H20N2O4. The summed E-state index contributed by atoms with van der Waals surface area (Å²) in [4.78, 5) is 23.3. The first kappa shape index (κ1) is 13.3. The Labute approximate surface area is 106 Å². The van der Waals surface area contributed by atoms with Crippen LogP contribution in [0, 0.1) is 11.3 Å². The molecule has 2 aliphatic heterocycles. The molecule has 0 spiro atoms. The number of carboxylic acids is 1. The summed E-state index contributed by atoms with van der Waals surface area (Å²) >= 11 is 0. The highest BCUT2D eigenvalue weighted by atomic mass is 16.5. The molecule has 6 nitrogen and oxygen atoms in total. The molecule has 18 heavy (non-hydrogen) atoms. The lowest BCUT2D eigenvalue weighted by atomic mass is 9.81. The number of carboxylic acid groups (broad SMARTS) is 1. The van der Waals surface area contributed by atoms with Gasteiger partial charge in [0.2, 0.25) is 5.91 Å². The summed E-state index contributed by atoms with van der Waals surface area (Å²) in [6.07, 6.45) is 1.80. The van der Waals surface area contributed by atoms with Crippen LogP contribution in [-0.4, -0.2) is 49.3 Å². The van der Waals surface area contributed by atoms with Crippen molar-refractivity contribution in [2.45, 2.75) is 25.8 Å². The van der Waals surface area contributed by atoms with Crippen molar-refractivity contribution in [1.29, 1.82) is 0 Å². The van der Waals surface area contributed by atoms with E-state index in [9.17, 15) is 9.59 Å². The number of aliphatic carboxylic acids is 1. The van der Waals surface area contributed by atoms with Crippen molar-refractivity contribution in [3.8, 4) is 0 Å². The molecule has 3 N–H and O–H groups in total. The van der Waals surface area contributed by atoms with Crippen LogP contribution in [0.1, 0.15) is 19.8 Å². The fraction of sp³-hybridized carbons (Fsp3) is 0.833. The molecular weight excluding hydrogens is 236 g/mol. The maximum absolute atomic E-state index is 12.2. The zero-order valence-electron chi connectivity index (χ0n) is 10.6. The van der Waals surface area contributed by atoms with Crippen LogP contribution in [0.2, 0.25) is 0 Å². The number of rotatable bonds is 3. The van der Waals surface area contributed by atoms with Crippen LogP contribution in [-0.2, 0) is 14.3 Å². The second-order valence-corrected chi connectivity index (χ2v) is 5.40. The monoisotopic (exact) mass is 256 g/mol. The summed E-state index contributed by atoms with van der Waals surface area (Å²) in [5, 5.41) is 15.1. The minimum atomic E-state index is -0.912. The highest BCUT2D eigenvalue weighted by Gasteiger charge is 2.40. The Morgan fingerprint density at radius 3 is 2.83 bits per heavy atom. The standard InChI is InChI=1S/C12H20N2O4/c1-12(3-2-4-13-7-12)11(17)14-9-6-18-5-8(9)10(15)16/h8-9,13H,2-7H2,1H3,(H,14,17)(H,15,16). The van der Waals surface area contributed by atoms with Crippen LogP contribution in [0.5, 0.6) is 0 Å². The Balaban J connectivity index is 1.96. The summed E-state index contributed by atoms with van der Waals surface area (Å²) in [5.41, 5.74) is -0.441. The van der Waals surface area contributed by atoms with Crippen LogP contribution in [0.4, 0.5) is 0 Å². The van der Waals surface area contributed by atoms with Gasteiger partial charge in [0.15, 0.2) is 0 Å². The van der Waals surface area contributed by atoms with E-state index in [2.05, 4.69) is 10.6 Å². The number of amides is 1. The van der Waals surface area contributed by atoms with Crippen molar-refractivity contribution in [2.24, 2.45) is 11.3 Å². The van der Waals surface area contributed by atoms with Crippen molar-refractivity contribution in [2.75, 3.05) is 26.3 Å². The number of hydrogen-bond donors (Lipinski definition) is 3. The Morgan fingerprint density at radius 1 is 1.44 bits per heavy atom. The molecule has 2 fully saturated rings. The normalized spacial score (nSPS) is 36.3. The Bertz CT molecular complexity index is 339. The fourth-order valence-electron chi connectivity index (χ4n) is 2.53. The average Bonchev–Trinajstić information content (AvgIpc) is 2.78. The molecule has 1 amide bonds. The minimum Gasteiger partial charge on any atom is -0.481 e. The van der Waals surface area contributed by atoms with E-state index in [1.807, 2.05) is 6.92 Å². The Hall–Kier alpha value is -1.14. The van der Waals surface area contributed by atoms with E-state index >= 15 is 0 Å². The average molecular weight is 256 g/mol. The number of carbonyl (C=O) groups excluding carboxylic acids is 1. The molecule has 2 heterocycles. The van der Waals surface area contributed by atoms with E-state index in [-0.39, 0.29) is 19.1 Å². The number of carbonyl (C=O) groups is 2. The van der Waals surface area contributed by atoms with Gasteiger partial charge in [-0.15, -0.1) is 0 Å². The SMILES string of the molecule is CC1(C(=O)NC2COCC2C(=O)O)CCCNC1. The number of nitrogens with one attached hydrogen (secondary N) is 2. The van der Waals surface area contributed by atoms with Gasteiger partial charge in [-0.3, -0.25) is 9.59 Å². The van der Waals surface area contributed by atoms with Crippen molar-refractivity contribution >= 4 is 11.9 Å². The molecule has 0 aliphatic carbocycles. The van der Waals surface area contributed by atoms with E-state index in [1.165, 1.54) is 0 Å². The van der Waals surface area contributed by atoms with Gasteiger partial charge in [0.25, 0.3) is 0 Å². The minimum absolute atomic E-state index is 0.0727. The Kier molecular flexibility index (Phi) is 3.87. The lowest BCUT2D eigenvalue weighted by Crippen LogP contribution is -2.53. The van der Waals surface area contributed by atoms with Gasteiger partial charge in [-0.1, -0.05) is 0 Å². The van der Waals surface area contributed by atoms with Crippen LogP contribution in [0.3, 0.4) is 0 Å². The lowest BCUT2D eigenvalue weighted by Gasteiger charge is -2.34. The van der Waals surface area contributed by atoms with E-state index in [4.69, 9.17) is 9.84 Å². The number of ether oxygens (including phenoxy) is 1. The first-order chi connectivity index (χ1) is 8.53. The Morgan fingerprint density at radius 2 is 2.22 bits per heavy atom. The largest absolute Gasteiger partial charge is 0.481 e. The number of hydrogen-bond acceptors (Lipinski definition) is 4. The van der Waals surface area contributed by atoms with Crippen molar-refractivity contribution < 1.29 is 19.4 Å². The van der Waals surface area contributed by atoms with Gasteiger partial charge in [-0.2, -0.15) is 0 Å². The molecule has 6 heteroatoms. The molecule has 2 aliphatic rings. The summed E-state index contributed by atoms with van der Waals surface area (Å²) in [5.74, 6) is -1.62. The summed E-state index contributed by atoms with van der Waals surface area (Å²) in [6.45, 7) is 3.96. The molecule has 0 radical (unpaired) electrons. The van der Waals surface area contributed by atoms with Crippen molar-refractivity contribution in [1.82, 2.24) is 10.6 Å². The van der Waals surface area contributed by atoms with Gasteiger partial charge in [-0.25, -0.2) is 0 Å². The highest BCUT2D eigenvalue weighted by Crippen LogP contribution is 2.26. The van der Waals surface area contributed by atoms with Crippen molar-refractivity contribution in [3.63, 3.8) is 0 Å². The van der Waals surface area contributed by atoms with Crippen LogP contribution < -0.4 is 10.6 Å². The van der Waals surface area contributed by atoms with E-state index < -0.39 is 23.3 Å². The molecule has 102 valence electrons. The second-order valence-electron chi connectivity index (χ2n) is 5.40. The number of piperidine rings is 1.